The van der Waals surface area contributed by atoms with Crippen molar-refractivity contribution in [3.05, 3.63) is 53.0 Å². The molecule has 0 radical (unpaired) electrons. The van der Waals surface area contributed by atoms with Gasteiger partial charge >= 0.3 is 0 Å². The fourth-order valence-electron chi connectivity index (χ4n) is 3.82. The fraction of sp³-hybridized carbons (Fsp3) is 0.476. The van der Waals surface area contributed by atoms with Crippen molar-refractivity contribution in [3.63, 3.8) is 0 Å². The molecule has 1 aliphatic carbocycles. The Bertz CT molecular complexity index is 772. The van der Waals surface area contributed by atoms with Gasteiger partial charge in [-0.2, -0.15) is 0 Å². The predicted octanol–water partition coefficient (Wildman–Crippen LogP) is 4.97. The van der Waals surface area contributed by atoms with Crippen LogP contribution >= 0.6 is 0 Å². The Morgan fingerprint density at radius 2 is 1.57 bits per heavy atom. The van der Waals surface area contributed by atoms with Crippen LogP contribution in [0.5, 0.6) is 0 Å². The van der Waals surface area contributed by atoms with Crippen LogP contribution in [-0.4, -0.2) is 0 Å². The molecular weight excluding hydrogens is 285 g/mol. The first-order chi connectivity index (χ1) is 10.6. The predicted molar refractivity (Wildman–Crippen MR) is 93.0 cm³/mol. The van der Waals surface area contributed by atoms with Crippen LogP contribution in [0.15, 0.2) is 30.5 Å². The molecule has 0 aliphatic heterocycles. The lowest BCUT2D eigenvalue weighted by molar-refractivity contribution is -0.661. The van der Waals surface area contributed by atoms with Gasteiger partial charge in [0.05, 0.1) is 0 Å². The molecule has 0 atom stereocenters. The van der Waals surface area contributed by atoms with E-state index in [9.17, 15) is 4.39 Å². The highest BCUT2D eigenvalue weighted by Gasteiger charge is 2.39. The zero-order valence-electron chi connectivity index (χ0n) is 15.1. The van der Waals surface area contributed by atoms with Crippen molar-refractivity contribution in [3.8, 4) is 11.3 Å². The van der Waals surface area contributed by atoms with E-state index in [1.54, 1.807) is 12.1 Å². The molecule has 0 spiro atoms. The first kappa shape index (κ1) is 16.2. The van der Waals surface area contributed by atoms with E-state index >= 15 is 0 Å². The lowest BCUT2D eigenvalue weighted by atomic mass is 9.63. The molecule has 0 saturated carbocycles. The van der Waals surface area contributed by atoms with Crippen LogP contribution in [0.3, 0.4) is 0 Å². The highest BCUT2D eigenvalue weighted by atomic mass is 19.1. The van der Waals surface area contributed by atoms with Gasteiger partial charge in [0.25, 0.3) is 0 Å². The maximum Gasteiger partial charge on any atom is 0.212 e. The minimum absolute atomic E-state index is 0.173. The molecule has 1 aromatic carbocycles. The number of aromatic nitrogens is 1. The van der Waals surface area contributed by atoms with Gasteiger partial charge in [-0.15, -0.1) is 0 Å². The number of fused-ring (bicyclic) bond motifs is 1. The number of hydrogen-bond donors (Lipinski definition) is 0. The van der Waals surface area contributed by atoms with Crippen molar-refractivity contribution < 1.29 is 8.96 Å². The number of aryl methyl sites for hydroxylation is 2. The molecule has 0 saturated heterocycles. The Balaban J connectivity index is 2.26. The molecule has 3 rings (SSSR count). The minimum atomic E-state index is -0.173. The summed E-state index contributed by atoms with van der Waals surface area (Å²) >= 11 is 0. The van der Waals surface area contributed by atoms with Crippen molar-refractivity contribution in [1.82, 2.24) is 0 Å². The van der Waals surface area contributed by atoms with Gasteiger partial charge in [-0.3, -0.25) is 0 Å². The van der Waals surface area contributed by atoms with E-state index in [4.69, 9.17) is 0 Å². The van der Waals surface area contributed by atoms with Gasteiger partial charge in [-0.25, -0.2) is 8.96 Å². The summed E-state index contributed by atoms with van der Waals surface area (Å²) < 4.78 is 15.7. The third-order valence-corrected chi connectivity index (χ3v) is 5.57. The largest absolute Gasteiger partial charge is 0.212 e. The Morgan fingerprint density at radius 1 is 0.957 bits per heavy atom. The standard InChI is InChI=1S/C21H27FN/c1-14-11-15(22)7-8-16(14)19-12-17-18(13-23(19)6)21(4,5)10-9-20(17,2)3/h7-8,11-13H,9-10H2,1-6H3/q+1. The molecule has 0 N–H and O–H groups in total. The second kappa shape index (κ2) is 5.15. The van der Waals surface area contributed by atoms with E-state index in [1.807, 2.05) is 13.0 Å². The van der Waals surface area contributed by atoms with Gasteiger partial charge in [0.1, 0.15) is 12.9 Å². The molecule has 0 fully saturated rings. The molecule has 0 amide bonds. The summed E-state index contributed by atoms with van der Waals surface area (Å²) in [6.45, 7) is 11.3. The van der Waals surface area contributed by atoms with Gasteiger partial charge in [0, 0.05) is 17.2 Å². The zero-order valence-corrected chi connectivity index (χ0v) is 15.1. The third kappa shape index (κ3) is 2.69. The number of benzene rings is 1. The Kier molecular flexibility index (Phi) is 3.62. The van der Waals surface area contributed by atoms with Gasteiger partial charge < -0.3 is 0 Å². The van der Waals surface area contributed by atoms with Crippen molar-refractivity contribution in [2.75, 3.05) is 0 Å². The number of halogens is 1. The Morgan fingerprint density at radius 3 is 2.17 bits per heavy atom. The minimum Gasteiger partial charge on any atom is -0.207 e. The van der Waals surface area contributed by atoms with Crippen molar-refractivity contribution >= 4 is 0 Å². The van der Waals surface area contributed by atoms with E-state index in [0.717, 1.165) is 16.8 Å². The van der Waals surface area contributed by atoms with Crippen LogP contribution in [-0.2, 0) is 17.9 Å². The number of nitrogens with zero attached hydrogens (tertiary/aromatic N) is 1. The lowest BCUT2D eigenvalue weighted by Crippen LogP contribution is -2.40. The monoisotopic (exact) mass is 312 g/mol. The normalized spacial score (nSPS) is 18.6. The summed E-state index contributed by atoms with van der Waals surface area (Å²) in [7, 11) is 2.09. The van der Waals surface area contributed by atoms with E-state index in [1.165, 1.54) is 24.0 Å². The second-order valence-electron chi connectivity index (χ2n) is 8.32. The number of pyridine rings is 1. The molecule has 1 heterocycles. The maximum absolute atomic E-state index is 13.5. The summed E-state index contributed by atoms with van der Waals surface area (Å²) in [5.74, 6) is -0.173. The number of rotatable bonds is 1. The lowest BCUT2D eigenvalue weighted by Gasteiger charge is -2.40. The summed E-state index contributed by atoms with van der Waals surface area (Å²) in [5, 5.41) is 0. The van der Waals surface area contributed by atoms with Crippen LogP contribution in [0.2, 0.25) is 0 Å². The second-order valence-corrected chi connectivity index (χ2v) is 8.32. The Hall–Kier alpha value is -1.70. The molecule has 2 aromatic rings. The molecule has 2 heteroatoms. The first-order valence-electron chi connectivity index (χ1n) is 8.43. The van der Waals surface area contributed by atoms with Crippen LogP contribution in [0.4, 0.5) is 4.39 Å². The van der Waals surface area contributed by atoms with Crippen LogP contribution in [0.25, 0.3) is 11.3 Å². The SMILES string of the molecule is Cc1cc(F)ccc1-c1cc2c(c[n+]1C)C(C)(C)CCC2(C)C. The van der Waals surface area contributed by atoms with E-state index in [2.05, 4.69) is 51.6 Å². The Labute approximate surface area is 139 Å². The molecule has 1 aliphatic rings. The molecular formula is C21H27FN+. The van der Waals surface area contributed by atoms with Crippen LogP contribution in [0.1, 0.15) is 57.2 Å². The molecule has 1 nitrogen and oxygen atoms in total. The van der Waals surface area contributed by atoms with E-state index in [0.29, 0.717) is 0 Å². The van der Waals surface area contributed by atoms with Gasteiger partial charge in [0.15, 0.2) is 6.20 Å². The van der Waals surface area contributed by atoms with Crippen molar-refractivity contribution in [1.29, 1.82) is 0 Å². The number of hydrogen-bond acceptors (Lipinski definition) is 0. The zero-order chi connectivity index (χ0) is 17.0. The summed E-state index contributed by atoms with van der Waals surface area (Å²) in [5.41, 5.74) is 6.52. The van der Waals surface area contributed by atoms with Crippen LogP contribution < -0.4 is 4.57 Å². The maximum atomic E-state index is 13.5. The van der Waals surface area contributed by atoms with Gasteiger partial charge in [0.2, 0.25) is 5.69 Å². The topological polar surface area (TPSA) is 3.88 Å². The highest BCUT2D eigenvalue weighted by molar-refractivity contribution is 5.62. The average Bonchev–Trinajstić information content (AvgIpc) is 2.44. The molecule has 0 unspecified atom stereocenters. The van der Waals surface area contributed by atoms with Crippen molar-refractivity contribution in [2.24, 2.45) is 7.05 Å². The fourth-order valence-corrected chi connectivity index (χ4v) is 3.82. The summed E-state index contributed by atoms with van der Waals surface area (Å²) in [4.78, 5) is 0. The molecule has 122 valence electrons. The summed E-state index contributed by atoms with van der Waals surface area (Å²) in [6, 6.07) is 7.39. The van der Waals surface area contributed by atoms with E-state index < -0.39 is 0 Å². The van der Waals surface area contributed by atoms with Gasteiger partial charge in [-0.1, -0.05) is 27.7 Å². The molecule has 1 aromatic heterocycles. The first-order valence-corrected chi connectivity index (χ1v) is 8.43. The quantitative estimate of drug-likeness (QED) is 0.654. The smallest absolute Gasteiger partial charge is 0.207 e. The highest BCUT2D eigenvalue weighted by Crippen LogP contribution is 2.46. The van der Waals surface area contributed by atoms with Crippen LogP contribution in [0, 0.1) is 12.7 Å². The third-order valence-electron chi connectivity index (χ3n) is 5.57. The van der Waals surface area contributed by atoms with Crippen molar-refractivity contribution in [2.45, 2.75) is 58.3 Å². The summed E-state index contributed by atoms with van der Waals surface area (Å²) in [6.07, 6.45) is 4.69. The van der Waals surface area contributed by atoms with E-state index in [-0.39, 0.29) is 16.6 Å². The molecule has 23 heavy (non-hydrogen) atoms. The average molecular weight is 312 g/mol. The molecule has 0 bridgehead atoms. The van der Waals surface area contributed by atoms with Gasteiger partial charge in [-0.05, 0) is 59.9 Å².